The van der Waals surface area contributed by atoms with E-state index in [0.29, 0.717) is 16.6 Å². The second kappa shape index (κ2) is 4.82. The molecule has 1 aromatic heterocycles. The smallest absolute Gasteiger partial charge is 0.187 e. The van der Waals surface area contributed by atoms with Crippen LogP contribution in [0.4, 0.5) is 0 Å². The van der Waals surface area contributed by atoms with E-state index in [4.69, 9.17) is 16.3 Å². The van der Waals surface area contributed by atoms with Crippen molar-refractivity contribution in [1.82, 2.24) is 4.98 Å². The molecule has 0 aliphatic rings. The van der Waals surface area contributed by atoms with E-state index in [1.54, 1.807) is 13.2 Å². The highest BCUT2D eigenvalue weighted by Gasteiger charge is 2.26. The van der Waals surface area contributed by atoms with E-state index in [9.17, 15) is 4.79 Å². The predicted octanol–water partition coefficient (Wildman–Crippen LogP) is 4.13. The number of carbonyl (C=O) groups excluding carboxylic acids is 1. The van der Waals surface area contributed by atoms with Crippen molar-refractivity contribution in [2.45, 2.75) is 20.8 Å². The number of ketones is 1. The molecule has 0 atom stereocenters. The van der Waals surface area contributed by atoms with E-state index in [-0.39, 0.29) is 5.78 Å². The highest BCUT2D eigenvalue weighted by molar-refractivity contribution is 6.30. The fourth-order valence-electron chi connectivity index (χ4n) is 1.92. The zero-order valence-corrected chi connectivity index (χ0v) is 12.2. The van der Waals surface area contributed by atoms with Crippen LogP contribution in [0, 0.1) is 5.41 Å². The van der Waals surface area contributed by atoms with E-state index in [1.807, 2.05) is 39.0 Å². The van der Waals surface area contributed by atoms with Gasteiger partial charge in [-0.3, -0.25) is 4.79 Å². The molecule has 0 saturated carbocycles. The van der Waals surface area contributed by atoms with Gasteiger partial charge in [0, 0.05) is 16.2 Å². The van der Waals surface area contributed by atoms with Crippen LogP contribution in [0.2, 0.25) is 5.15 Å². The van der Waals surface area contributed by atoms with Gasteiger partial charge in [0.05, 0.1) is 7.11 Å². The minimum absolute atomic E-state index is 0.0340. The Hall–Kier alpha value is -1.61. The first-order chi connectivity index (χ1) is 8.84. The Bertz CT molecular complexity index is 644. The quantitative estimate of drug-likeness (QED) is 0.612. The number of pyridine rings is 1. The summed E-state index contributed by atoms with van der Waals surface area (Å²) in [6, 6.07) is 7.26. The third-order valence-electron chi connectivity index (χ3n) is 2.92. The fourth-order valence-corrected chi connectivity index (χ4v) is 2.12. The number of aromatic nitrogens is 1. The summed E-state index contributed by atoms with van der Waals surface area (Å²) >= 11 is 6.03. The second-order valence-electron chi connectivity index (χ2n) is 5.43. The van der Waals surface area contributed by atoms with Crippen LogP contribution in [-0.2, 0) is 0 Å². The largest absolute Gasteiger partial charge is 0.496 e. The summed E-state index contributed by atoms with van der Waals surface area (Å²) in [6.07, 6.45) is 0. The van der Waals surface area contributed by atoms with Gasteiger partial charge < -0.3 is 4.74 Å². The molecule has 0 radical (unpaired) electrons. The van der Waals surface area contributed by atoms with Crippen LogP contribution in [0.25, 0.3) is 10.8 Å². The molecule has 1 heterocycles. The average Bonchev–Trinajstić information content (AvgIpc) is 2.35. The standard InChI is InChI=1S/C15H16ClNO2/c1-15(2,3)14(18)13-9-6-5-7-11(19-4)10(9)8-12(16)17-13/h5-8H,1-4H3. The summed E-state index contributed by atoms with van der Waals surface area (Å²) < 4.78 is 5.31. The van der Waals surface area contributed by atoms with Gasteiger partial charge in [-0.15, -0.1) is 0 Å². The van der Waals surface area contributed by atoms with E-state index in [1.165, 1.54) is 0 Å². The number of fused-ring (bicyclic) bond motifs is 1. The second-order valence-corrected chi connectivity index (χ2v) is 5.82. The number of Topliss-reactive ketones (excluding diaryl/α,β-unsaturated/α-hetero) is 1. The number of rotatable bonds is 2. The molecule has 4 heteroatoms. The Morgan fingerprint density at radius 1 is 1.26 bits per heavy atom. The molecule has 0 bridgehead atoms. The third-order valence-corrected chi connectivity index (χ3v) is 3.11. The Balaban J connectivity index is 2.78. The van der Waals surface area contributed by atoms with Crippen LogP contribution < -0.4 is 4.74 Å². The summed E-state index contributed by atoms with van der Waals surface area (Å²) in [5.74, 6) is 0.651. The summed E-state index contributed by atoms with van der Waals surface area (Å²) in [4.78, 5) is 16.7. The van der Waals surface area contributed by atoms with Crippen LogP contribution in [0.15, 0.2) is 24.3 Å². The summed E-state index contributed by atoms with van der Waals surface area (Å²) in [7, 11) is 1.59. The van der Waals surface area contributed by atoms with Crippen molar-refractivity contribution in [2.75, 3.05) is 7.11 Å². The summed E-state index contributed by atoms with van der Waals surface area (Å²) in [5, 5.41) is 1.87. The number of nitrogens with zero attached hydrogens (tertiary/aromatic N) is 1. The number of halogens is 1. The number of hydrogen-bond donors (Lipinski definition) is 0. The number of carbonyl (C=O) groups is 1. The average molecular weight is 278 g/mol. The van der Waals surface area contributed by atoms with Gasteiger partial charge in [0.25, 0.3) is 0 Å². The van der Waals surface area contributed by atoms with Crippen molar-refractivity contribution < 1.29 is 9.53 Å². The zero-order chi connectivity index (χ0) is 14.2. The Morgan fingerprint density at radius 3 is 2.53 bits per heavy atom. The lowest BCUT2D eigenvalue weighted by Gasteiger charge is -2.18. The molecule has 1 aromatic carbocycles. The number of benzene rings is 1. The van der Waals surface area contributed by atoms with Crippen molar-refractivity contribution in [3.05, 3.63) is 35.1 Å². The predicted molar refractivity (Wildman–Crippen MR) is 77.1 cm³/mol. The number of methoxy groups -OCH3 is 1. The molecule has 19 heavy (non-hydrogen) atoms. The van der Waals surface area contributed by atoms with Crippen molar-refractivity contribution in [1.29, 1.82) is 0 Å². The van der Waals surface area contributed by atoms with Crippen molar-refractivity contribution >= 4 is 28.2 Å². The van der Waals surface area contributed by atoms with Crippen molar-refractivity contribution in [3.63, 3.8) is 0 Å². The first-order valence-corrected chi connectivity index (χ1v) is 6.40. The molecule has 0 N–H and O–H groups in total. The molecule has 0 unspecified atom stereocenters. The van der Waals surface area contributed by atoms with Gasteiger partial charge in [0.2, 0.25) is 0 Å². The minimum Gasteiger partial charge on any atom is -0.496 e. The normalized spacial score (nSPS) is 11.6. The lowest BCUT2D eigenvalue weighted by molar-refractivity contribution is 0.0855. The van der Waals surface area contributed by atoms with E-state index in [0.717, 1.165) is 10.8 Å². The molecule has 0 spiro atoms. The molecule has 2 rings (SSSR count). The van der Waals surface area contributed by atoms with Crippen LogP contribution in [-0.4, -0.2) is 17.9 Å². The highest BCUT2D eigenvalue weighted by Crippen LogP contribution is 2.32. The van der Waals surface area contributed by atoms with Gasteiger partial charge in [-0.2, -0.15) is 0 Å². The summed E-state index contributed by atoms with van der Waals surface area (Å²) in [6.45, 7) is 5.60. The Labute approximate surface area is 117 Å². The van der Waals surface area contributed by atoms with Gasteiger partial charge in [-0.25, -0.2) is 4.98 Å². The first-order valence-electron chi connectivity index (χ1n) is 6.02. The molecule has 0 fully saturated rings. The maximum absolute atomic E-state index is 12.5. The highest BCUT2D eigenvalue weighted by atomic mass is 35.5. The molecule has 0 saturated heterocycles. The Morgan fingerprint density at radius 2 is 1.95 bits per heavy atom. The van der Waals surface area contributed by atoms with Crippen LogP contribution in [0.3, 0.4) is 0 Å². The molecular formula is C15H16ClNO2. The molecular weight excluding hydrogens is 262 g/mol. The third kappa shape index (κ3) is 2.56. The van der Waals surface area contributed by atoms with Crippen molar-refractivity contribution in [3.8, 4) is 5.75 Å². The van der Waals surface area contributed by atoms with Gasteiger partial charge in [-0.1, -0.05) is 44.5 Å². The molecule has 0 aliphatic heterocycles. The van der Waals surface area contributed by atoms with Crippen molar-refractivity contribution in [2.24, 2.45) is 5.41 Å². The number of hydrogen-bond acceptors (Lipinski definition) is 3. The van der Waals surface area contributed by atoms with E-state index in [2.05, 4.69) is 4.98 Å². The van der Waals surface area contributed by atoms with Crippen LogP contribution in [0.1, 0.15) is 31.3 Å². The molecule has 2 aromatic rings. The lowest BCUT2D eigenvalue weighted by atomic mass is 9.87. The SMILES string of the molecule is COc1cccc2c(C(=O)C(C)(C)C)nc(Cl)cc12. The topological polar surface area (TPSA) is 39.2 Å². The Kier molecular flexibility index (Phi) is 3.50. The summed E-state index contributed by atoms with van der Waals surface area (Å²) in [5.41, 5.74) is -0.109. The molecule has 0 amide bonds. The number of ether oxygens (including phenoxy) is 1. The van der Waals surface area contributed by atoms with Gasteiger partial charge in [0.1, 0.15) is 16.6 Å². The molecule has 0 aliphatic carbocycles. The van der Waals surface area contributed by atoms with Gasteiger partial charge in [-0.05, 0) is 12.1 Å². The first kappa shape index (κ1) is 13.8. The van der Waals surface area contributed by atoms with Crippen LogP contribution in [0.5, 0.6) is 5.75 Å². The van der Waals surface area contributed by atoms with E-state index >= 15 is 0 Å². The van der Waals surface area contributed by atoms with E-state index < -0.39 is 5.41 Å². The lowest BCUT2D eigenvalue weighted by Crippen LogP contribution is -2.21. The van der Waals surface area contributed by atoms with Gasteiger partial charge >= 0.3 is 0 Å². The molecule has 100 valence electrons. The van der Waals surface area contributed by atoms with Gasteiger partial charge in [0.15, 0.2) is 5.78 Å². The monoisotopic (exact) mass is 277 g/mol. The zero-order valence-electron chi connectivity index (χ0n) is 11.5. The maximum atomic E-state index is 12.5. The fraction of sp³-hybridized carbons (Fsp3) is 0.333. The maximum Gasteiger partial charge on any atom is 0.187 e. The van der Waals surface area contributed by atoms with Crippen LogP contribution >= 0.6 is 11.6 Å². The minimum atomic E-state index is -0.506. The molecule has 3 nitrogen and oxygen atoms in total.